The molecule has 0 saturated heterocycles. The number of rotatable bonds is 13. The highest BCUT2D eigenvalue weighted by molar-refractivity contribution is 7.92. The van der Waals surface area contributed by atoms with E-state index in [0.717, 1.165) is 42.5 Å². The molecule has 1 aliphatic carbocycles. The first-order valence-electron chi connectivity index (χ1n) is 15.3. The molecule has 11 nitrogen and oxygen atoms in total. The molecule has 0 radical (unpaired) electrons. The van der Waals surface area contributed by atoms with Crippen molar-refractivity contribution in [2.24, 2.45) is 0 Å². The van der Waals surface area contributed by atoms with Crippen molar-refractivity contribution in [1.82, 2.24) is 10.2 Å². The zero-order valence-corrected chi connectivity index (χ0v) is 28.0. The van der Waals surface area contributed by atoms with Crippen LogP contribution in [0.15, 0.2) is 65.6 Å². The Kier molecular flexibility index (Phi) is 11.8. The summed E-state index contributed by atoms with van der Waals surface area (Å²) in [7, 11) is -3.35. The van der Waals surface area contributed by atoms with Gasteiger partial charge in [0.2, 0.25) is 11.8 Å². The molecule has 0 bridgehead atoms. The van der Waals surface area contributed by atoms with Gasteiger partial charge < -0.3 is 15.0 Å². The Bertz CT molecular complexity index is 1720. The van der Waals surface area contributed by atoms with E-state index in [2.05, 4.69) is 5.32 Å². The smallest absolute Gasteiger partial charge is 0.273 e. The lowest BCUT2D eigenvalue weighted by molar-refractivity contribution is -0.385. The second kappa shape index (κ2) is 15.6. The lowest BCUT2D eigenvalue weighted by Crippen LogP contribution is -2.54. The Morgan fingerprint density at radius 1 is 1.09 bits per heavy atom. The number of anilines is 1. The number of nitrogens with one attached hydrogen (secondary N) is 1. The lowest BCUT2D eigenvalue weighted by Gasteiger charge is -2.34. The quantitative estimate of drug-likeness (QED) is 0.168. The summed E-state index contributed by atoms with van der Waals surface area (Å²) >= 11 is 6.28. The Morgan fingerprint density at radius 3 is 2.38 bits per heavy atom. The fourth-order valence-corrected chi connectivity index (χ4v) is 7.30. The maximum atomic E-state index is 14.4. The number of sulfonamides is 1. The summed E-state index contributed by atoms with van der Waals surface area (Å²) in [6, 6.07) is 12.1. The van der Waals surface area contributed by atoms with Gasteiger partial charge in [-0.05, 0) is 68.1 Å². The molecule has 0 aliphatic heterocycles. The van der Waals surface area contributed by atoms with Gasteiger partial charge in [-0.1, -0.05) is 56.0 Å². The third-order valence-corrected chi connectivity index (χ3v) is 10.2. The van der Waals surface area contributed by atoms with E-state index in [1.165, 1.54) is 73.5 Å². The van der Waals surface area contributed by atoms with Crippen molar-refractivity contribution in [3.8, 4) is 5.75 Å². The molecule has 1 fully saturated rings. The number of carbonyl (C=O) groups is 2. The van der Waals surface area contributed by atoms with Gasteiger partial charge in [-0.15, -0.1) is 0 Å². The van der Waals surface area contributed by atoms with Crippen LogP contribution < -0.4 is 14.4 Å². The molecule has 0 spiro atoms. The molecule has 1 aliphatic rings. The van der Waals surface area contributed by atoms with E-state index in [9.17, 15) is 32.5 Å². The molecular formula is C33H38ClFN4O7S. The first-order valence-corrected chi connectivity index (χ1v) is 17.1. The predicted molar refractivity (Wildman–Crippen MR) is 176 cm³/mol. The van der Waals surface area contributed by atoms with Crippen molar-refractivity contribution in [3.05, 3.63) is 92.7 Å². The van der Waals surface area contributed by atoms with Crippen molar-refractivity contribution in [2.75, 3.05) is 18.0 Å². The van der Waals surface area contributed by atoms with Crippen molar-refractivity contribution >= 4 is 44.8 Å². The van der Waals surface area contributed by atoms with Gasteiger partial charge in [-0.3, -0.25) is 24.0 Å². The van der Waals surface area contributed by atoms with Gasteiger partial charge in [0.05, 0.1) is 22.6 Å². The maximum Gasteiger partial charge on any atom is 0.273 e. The fraction of sp³-hybridized carbons (Fsp3) is 0.394. The first kappa shape index (κ1) is 35.6. The SMILES string of the molecule is CC[C@@H](C(=O)NC1CCCCC1)N(Cc1ccc(F)cc1)C(=O)CN(c1cc(Cl)ccc1OC)S(=O)(=O)c1ccc(C)c([N+](=O)[O-])c1. The number of benzene rings is 3. The lowest BCUT2D eigenvalue weighted by atomic mass is 9.95. The molecule has 2 amide bonds. The molecule has 4 rings (SSSR count). The molecule has 0 aromatic heterocycles. The Morgan fingerprint density at radius 2 is 1.77 bits per heavy atom. The van der Waals surface area contributed by atoms with E-state index in [0.29, 0.717) is 5.56 Å². The van der Waals surface area contributed by atoms with Gasteiger partial charge in [0, 0.05) is 29.2 Å². The van der Waals surface area contributed by atoms with Crippen LogP contribution in [0.2, 0.25) is 5.02 Å². The number of methoxy groups -OCH3 is 1. The molecule has 1 saturated carbocycles. The molecular weight excluding hydrogens is 651 g/mol. The van der Waals surface area contributed by atoms with Gasteiger partial charge in [0.1, 0.15) is 24.2 Å². The van der Waals surface area contributed by atoms with E-state index >= 15 is 0 Å². The molecule has 0 heterocycles. The number of hydrogen-bond acceptors (Lipinski definition) is 7. The highest BCUT2D eigenvalue weighted by atomic mass is 35.5. The van der Waals surface area contributed by atoms with Crippen molar-refractivity contribution in [1.29, 1.82) is 0 Å². The highest BCUT2D eigenvalue weighted by Crippen LogP contribution is 2.36. The molecule has 252 valence electrons. The van der Waals surface area contributed by atoms with E-state index < -0.39 is 49.8 Å². The van der Waals surface area contributed by atoms with E-state index in [4.69, 9.17) is 16.3 Å². The summed E-state index contributed by atoms with van der Waals surface area (Å²) < 4.78 is 48.6. The summed E-state index contributed by atoms with van der Waals surface area (Å²) in [6.45, 7) is 2.30. The second-order valence-electron chi connectivity index (χ2n) is 11.4. The summed E-state index contributed by atoms with van der Waals surface area (Å²) in [6.07, 6.45) is 4.88. The predicted octanol–water partition coefficient (Wildman–Crippen LogP) is 6.16. The fourth-order valence-electron chi connectivity index (χ4n) is 5.70. The zero-order valence-electron chi connectivity index (χ0n) is 26.4. The minimum atomic E-state index is -4.67. The first-order chi connectivity index (χ1) is 22.3. The van der Waals surface area contributed by atoms with Crippen molar-refractivity contribution < 1.29 is 32.1 Å². The number of halogens is 2. The van der Waals surface area contributed by atoms with E-state index in [1.54, 1.807) is 6.92 Å². The van der Waals surface area contributed by atoms with E-state index in [1.807, 2.05) is 0 Å². The normalized spacial score (nSPS) is 14.2. The monoisotopic (exact) mass is 688 g/mol. The molecule has 47 heavy (non-hydrogen) atoms. The Balaban J connectivity index is 1.80. The zero-order chi connectivity index (χ0) is 34.3. The number of amides is 2. The van der Waals surface area contributed by atoms with Gasteiger partial charge in [-0.25, -0.2) is 12.8 Å². The highest BCUT2D eigenvalue weighted by Gasteiger charge is 2.36. The van der Waals surface area contributed by atoms with Crippen LogP contribution in [0.3, 0.4) is 0 Å². The summed E-state index contributed by atoms with van der Waals surface area (Å²) in [5.41, 5.74) is 0.265. The number of hydrogen-bond donors (Lipinski definition) is 1. The van der Waals surface area contributed by atoms with Crippen LogP contribution in [0.4, 0.5) is 15.8 Å². The van der Waals surface area contributed by atoms with Crippen LogP contribution in [0.1, 0.15) is 56.6 Å². The second-order valence-corrected chi connectivity index (χ2v) is 13.7. The molecule has 3 aromatic rings. The topological polar surface area (TPSA) is 139 Å². The summed E-state index contributed by atoms with van der Waals surface area (Å²) in [5.74, 6) is -1.53. The summed E-state index contributed by atoms with van der Waals surface area (Å²) in [4.78, 5) is 39.9. The number of nitro benzene ring substituents is 1. The van der Waals surface area contributed by atoms with Crippen LogP contribution in [0, 0.1) is 22.9 Å². The van der Waals surface area contributed by atoms with Gasteiger partial charge in [-0.2, -0.15) is 0 Å². The van der Waals surface area contributed by atoms with Crippen molar-refractivity contribution in [3.63, 3.8) is 0 Å². The number of nitro groups is 1. The molecule has 0 unspecified atom stereocenters. The standard InChI is InChI=1S/C33H38ClFN4O7S/c1-4-28(33(41)36-26-8-6-5-7-9-26)37(20-23-11-14-25(35)15-12-23)32(40)21-38(30-18-24(34)13-17-31(30)46-3)47(44,45)27-16-10-22(2)29(19-27)39(42)43/h10-19,26,28H,4-9,20-21H2,1-3H3,(H,36,41)/t28-/m0/s1. The Labute approximate surface area is 278 Å². The molecule has 1 N–H and O–H groups in total. The number of carbonyl (C=O) groups excluding carboxylic acids is 2. The molecule has 3 aromatic carbocycles. The number of aryl methyl sites for hydroxylation is 1. The number of nitrogens with zero attached hydrogens (tertiary/aromatic N) is 3. The summed E-state index contributed by atoms with van der Waals surface area (Å²) in [5, 5.41) is 14.9. The third kappa shape index (κ3) is 8.58. The van der Waals surface area contributed by atoms with Crippen LogP contribution in [-0.2, 0) is 26.2 Å². The maximum absolute atomic E-state index is 14.4. The van der Waals surface area contributed by atoms with E-state index in [-0.39, 0.29) is 46.9 Å². The van der Waals surface area contributed by atoms with Gasteiger partial charge in [0.25, 0.3) is 15.7 Å². The van der Waals surface area contributed by atoms with Crippen molar-refractivity contribution in [2.45, 2.75) is 75.9 Å². The van der Waals surface area contributed by atoms with Gasteiger partial charge in [0.15, 0.2) is 0 Å². The minimum Gasteiger partial charge on any atom is -0.495 e. The van der Waals surface area contributed by atoms with Crippen LogP contribution in [-0.4, -0.2) is 55.8 Å². The van der Waals surface area contributed by atoms with Gasteiger partial charge >= 0.3 is 0 Å². The minimum absolute atomic E-state index is 0.0435. The average Bonchev–Trinajstić information content (AvgIpc) is 3.04. The average molecular weight is 689 g/mol. The largest absolute Gasteiger partial charge is 0.495 e. The molecule has 14 heteroatoms. The van der Waals surface area contributed by atoms with Crippen LogP contribution >= 0.6 is 11.6 Å². The third-order valence-electron chi connectivity index (χ3n) is 8.26. The molecule has 1 atom stereocenters. The Hall–Kier alpha value is -4.23. The number of ether oxygens (including phenoxy) is 1. The van der Waals surface area contributed by atoms with Crippen LogP contribution in [0.25, 0.3) is 0 Å². The van der Waals surface area contributed by atoms with Crippen LogP contribution in [0.5, 0.6) is 5.75 Å².